The molecule has 0 aliphatic heterocycles. The summed E-state index contributed by atoms with van der Waals surface area (Å²) in [4.78, 5) is 36.4. The zero-order valence-electron chi connectivity index (χ0n) is 15.5. The summed E-state index contributed by atoms with van der Waals surface area (Å²) in [6.07, 6.45) is 1.61. The summed E-state index contributed by atoms with van der Waals surface area (Å²) in [5.41, 5.74) is 0.461. The van der Waals surface area contributed by atoms with Gasteiger partial charge in [0.15, 0.2) is 5.16 Å². The molecule has 28 heavy (non-hydrogen) atoms. The largest absolute Gasteiger partial charge is 0.336 e. The highest BCUT2D eigenvalue weighted by Gasteiger charge is 2.17. The van der Waals surface area contributed by atoms with Crippen LogP contribution in [0.25, 0.3) is 16.7 Å². The normalized spacial score (nSPS) is 11.1. The van der Waals surface area contributed by atoms with Gasteiger partial charge < -0.3 is 5.32 Å². The van der Waals surface area contributed by atoms with E-state index < -0.39 is 11.9 Å². The fourth-order valence-electron chi connectivity index (χ4n) is 2.71. The molecule has 146 valence electrons. The summed E-state index contributed by atoms with van der Waals surface area (Å²) in [7, 11) is 0. The molecule has 0 radical (unpaired) electrons. The van der Waals surface area contributed by atoms with Gasteiger partial charge >= 0.3 is 6.03 Å². The minimum atomic E-state index is -0.544. The summed E-state index contributed by atoms with van der Waals surface area (Å²) in [6, 6.07) is 6.51. The Balaban J connectivity index is 1.93. The number of imide groups is 1. The quantitative estimate of drug-likeness (QED) is 0.480. The average molecular weight is 400 g/mol. The van der Waals surface area contributed by atoms with E-state index in [0.717, 1.165) is 11.8 Å². The van der Waals surface area contributed by atoms with Gasteiger partial charge in [-0.1, -0.05) is 30.0 Å². The number of aromatic nitrogens is 4. The summed E-state index contributed by atoms with van der Waals surface area (Å²) in [5, 5.41) is 14.1. The molecule has 0 aliphatic carbocycles. The Labute approximate surface area is 164 Å². The molecule has 10 heteroatoms. The van der Waals surface area contributed by atoms with Crippen molar-refractivity contribution in [2.24, 2.45) is 0 Å². The van der Waals surface area contributed by atoms with Gasteiger partial charge in [-0.05, 0) is 26.0 Å². The number of fused-ring (bicyclic) bond motifs is 3. The lowest BCUT2D eigenvalue weighted by molar-refractivity contribution is -0.117. The minimum Gasteiger partial charge on any atom is -0.336 e. The highest BCUT2D eigenvalue weighted by atomic mass is 32.2. The second-order valence-corrected chi connectivity index (χ2v) is 7.25. The van der Waals surface area contributed by atoms with Crippen molar-refractivity contribution in [3.05, 3.63) is 47.3 Å². The number of hydrogen-bond acceptors (Lipinski definition) is 6. The van der Waals surface area contributed by atoms with E-state index in [0.29, 0.717) is 21.8 Å². The van der Waals surface area contributed by atoms with E-state index in [1.54, 1.807) is 42.5 Å². The second-order valence-electron chi connectivity index (χ2n) is 6.30. The highest BCUT2D eigenvalue weighted by Crippen LogP contribution is 2.21. The standard InChI is InChI=1S/C18H20N6O3S/c1-4-9-23-15(26)12-7-5-6-8-13(12)24-17(23)21-22-18(24)28-10-14(25)20-16(27)19-11(2)3/h4-8,11H,1,9-10H2,2-3H3,(H2,19,20,25,27). The number of amides is 3. The van der Waals surface area contributed by atoms with E-state index in [2.05, 4.69) is 27.4 Å². The lowest BCUT2D eigenvalue weighted by atomic mass is 10.2. The van der Waals surface area contributed by atoms with Crippen LogP contribution in [0, 0.1) is 0 Å². The smallest absolute Gasteiger partial charge is 0.321 e. The number of nitrogens with one attached hydrogen (secondary N) is 2. The summed E-state index contributed by atoms with van der Waals surface area (Å²) in [5.74, 6) is -0.117. The maximum absolute atomic E-state index is 12.7. The third-order valence-corrected chi connectivity index (χ3v) is 4.72. The van der Waals surface area contributed by atoms with Crippen LogP contribution in [-0.2, 0) is 11.3 Å². The molecule has 0 atom stereocenters. The maximum Gasteiger partial charge on any atom is 0.321 e. The van der Waals surface area contributed by atoms with E-state index >= 15 is 0 Å². The van der Waals surface area contributed by atoms with Crippen molar-refractivity contribution in [3.63, 3.8) is 0 Å². The average Bonchev–Trinajstić information content (AvgIpc) is 3.06. The van der Waals surface area contributed by atoms with Crippen molar-refractivity contribution in [1.29, 1.82) is 0 Å². The number of rotatable bonds is 6. The first kappa shape index (κ1) is 19.6. The van der Waals surface area contributed by atoms with Gasteiger partial charge in [0.1, 0.15) is 0 Å². The minimum absolute atomic E-state index is 0.0266. The molecule has 3 amide bonds. The van der Waals surface area contributed by atoms with Crippen LogP contribution in [0.2, 0.25) is 0 Å². The van der Waals surface area contributed by atoms with Crippen molar-refractivity contribution in [2.45, 2.75) is 31.6 Å². The molecular weight excluding hydrogens is 380 g/mol. The number of nitrogens with zero attached hydrogens (tertiary/aromatic N) is 4. The van der Waals surface area contributed by atoms with Crippen LogP contribution in [0.5, 0.6) is 0 Å². The number of thioether (sulfide) groups is 1. The highest BCUT2D eigenvalue weighted by molar-refractivity contribution is 7.99. The first-order valence-electron chi connectivity index (χ1n) is 8.63. The van der Waals surface area contributed by atoms with E-state index in [-0.39, 0.29) is 23.9 Å². The summed E-state index contributed by atoms with van der Waals surface area (Å²) in [6.45, 7) is 7.57. The van der Waals surface area contributed by atoms with Gasteiger partial charge in [0.05, 0.1) is 16.7 Å². The van der Waals surface area contributed by atoms with Crippen molar-refractivity contribution in [1.82, 2.24) is 29.8 Å². The summed E-state index contributed by atoms with van der Waals surface area (Å²) >= 11 is 1.13. The van der Waals surface area contributed by atoms with Crippen LogP contribution < -0.4 is 16.2 Å². The Kier molecular flexibility index (Phi) is 5.78. The van der Waals surface area contributed by atoms with Crippen molar-refractivity contribution < 1.29 is 9.59 Å². The van der Waals surface area contributed by atoms with Gasteiger partial charge in [0.2, 0.25) is 11.7 Å². The van der Waals surface area contributed by atoms with Crippen LogP contribution in [0.4, 0.5) is 4.79 Å². The molecule has 0 spiro atoms. The predicted octanol–water partition coefficient (Wildman–Crippen LogP) is 1.56. The first-order chi connectivity index (χ1) is 13.4. The molecule has 0 unspecified atom stereocenters. The Morgan fingerprint density at radius 2 is 2.04 bits per heavy atom. The van der Waals surface area contributed by atoms with Crippen LogP contribution in [0.15, 0.2) is 46.9 Å². The number of para-hydroxylation sites is 1. The van der Waals surface area contributed by atoms with Crippen LogP contribution in [-0.4, -0.2) is 42.9 Å². The van der Waals surface area contributed by atoms with E-state index in [9.17, 15) is 14.4 Å². The van der Waals surface area contributed by atoms with E-state index in [4.69, 9.17) is 0 Å². The molecule has 1 aromatic carbocycles. The number of benzene rings is 1. The van der Waals surface area contributed by atoms with Crippen LogP contribution in [0.1, 0.15) is 13.8 Å². The molecular formula is C18H20N6O3S. The third-order valence-electron chi connectivity index (χ3n) is 3.79. The Hall–Kier alpha value is -3.14. The van der Waals surface area contributed by atoms with Gasteiger partial charge in [0, 0.05) is 12.6 Å². The van der Waals surface area contributed by atoms with Crippen molar-refractivity contribution in [2.75, 3.05) is 5.75 Å². The molecule has 9 nitrogen and oxygen atoms in total. The van der Waals surface area contributed by atoms with Gasteiger partial charge in [-0.15, -0.1) is 16.8 Å². The van der Waals surface area contributed by atoms with E-state index in [1.165, 1.54) is 4.57 Å². The fourth-order valence-corrected chi connectivity index (χ4v) is 3.45. The van der Waals surface area contributed by atoms with Gasteiger partial charge in [-0.25, -0.2) is 4.79 Å². The molecule has 2 heterocycles. The van der Waals surface area contributed by atoms with Crippen molar-refractivity contribution >= 4 is 40.4 Å². The lowest BCUT2D eigenvalue weighted by Gasteiger charge is -2.10. The topological polar surface area (TPSA) is 110 Å². The van der Waals surface area contributed by atoms with Crippen LogP contribution >= 0.6 is 11.8 Å². The molecule has 0 aliphatic rings. The monoisotopic (exact) mass is 400 g/mol. The molecule has 2 N–H and O–H groups in total. The second kappa shape index (κ2) is 8.26. The molecule has 0 saturated carbocycles. The van der Waals surface area contributed by atoms with Gasteiger partial charge in [-0.2, -0.15) is 0 Å². The van der Waals surface area contributed by atoms with Gasteiger partial charge in [0.25, 0.3) is 5.56 Å². The third kappa shape index (κ3) is 3.91. The molecule has 0 fully saturated rings. The number of carbonyl (C=O) groups is 2. The molecule has 0 bridgehead atoms. The Bertz CT molecular complexity index is 1120. The number of carbonyl (C=O) groups excluding carboxylic acids is 2. The molecule has 2 aromatic heterocycles. The zero-order chi connectivity index (χ0) is 20.3. The lowest BCUT2D eigenvalue weighted by Crippen LogP contribution is -2.43. The SMILES string of the molecule is C=CCn1c(=O)c2ccccc2n2c(SCC(=O)NC(=O)NC(C)C)nnc12. The molecule has 0 saturated heterocycles. The first-order valence-corrected chi connectivity index (χ1v) is 9.61. The number of allylic oxidation sites excluding steroid dienone is 1. The Morgan fingerprint density at radius 3 is 2.75 bits per heavy atom. The number of hydrogen-bond donors (Lipinski definition) is 2. The van der Waals surface area contributed by atoms with Crippen molar-refractivity contribution in [3.8, 4) is 0 Å². The summed E-state index contributed by atoms with van der Waals surface area (Å²) < 4.78 is 3.20. The van der Waals surface area contributed by atoms with Gasteiger partial charge in [-0.3, -0.25) is 23.9 Å². The number of urea groups is 1. The maximum atomic E-state index is 12.7. The zero-order valence-corrected chi connectivity index (χ0v) is 16.3. The molecule has 3 aromatic rings. The predicted molar refractivity (Wildman–Crippen MR) is 107 cm³/mol. The van der Waals surface area contributed by atoms with E-state index in [1.807, 2.05) is 6.07 Å². The van der Waals surface area contributed by atoms with Crippen LogP contribution in [0.3, 0.4) is 0 Å². The fraction of sp³-hybridized carbons (Fsp3) is 0.278. The Morgan fingerprint density at radius 1 is 1.29 bits per heavy atom. The molecule has 3 rings (SSSR count).